The molecule has 1 aliphatic rings. The van der Waals surface area contributed by atoms with Crippen LogP contribution < -0.4 is 0 Å². The Bertz CT molecular complexity index is 2640. The summed E-state index contributed by atoms with van der Waals surface area (Å²) in [6.07, 6.45) is 0. The van der Waals surface area contributed by atoms with Gasteiger partial charge in [0.25, 0.3) is 0 Å². The molecule has 8 aromatic rings. The summed E-state index contributed by atoms with van der Waals surface area (Å²) in [4.78, 5) is 0. The fourth-order valence-corrected chi connectivity index (χ4v) is 10.0. The normalized spacial score (nSPS) is 13.7. The van der Waals surface area contributed by atoms with E-state index in [1.165, 1.54) is 100 Å². The molecule has 0 radical (unpaired) electrons. The van der Waals surface area contributed by atoms with Gasteiger partial charge in [-0.2, -0.15) is 0 Å². The van der Waals surface area contributed by atoms with Crippen LogP contribution in [0, 0.1) is 0 Å². The van der Waals surface area contributed by atoms with E-state index in [-0.39, 0.29) is 21.7 Å². The van der Waals surface area contributed by atoms with Crippen molar-refractivity contribution in [2.75, 3.05) is 0 Å². The fraction of sp³-hybridized carbons (Fsp3) is 0.262. The van der Waals surface area contributed by atoms with Gasteiger partial charge in [-0.1, -0.05) is 229 Å². The number of fused-ring (bicyclic) bond motifs is 3. The summed E-state index contributed by atoms with van der Waals surface area (Å²) >= 11 is 0. The molecular formula is C65H66. The smallest absolute Gasteiger partial charge is 0.0619 e. The van der Waals surface area contributed by atoms with Crippen molar-refractivity contribution in [3.8, 4) is 55.6 Å². The molecule has 65 heavy (non-hydrogen) atoms. The zero-order valence-electron chi connectivity index (χ0n) is 40.8. The van der Waals surface area contributed by atoms with Gasteiger partial charge in [0.15, 0.2) is 0 Å². The number of hydrogen-bond acceptors (Lipinski definition) is 0. The maximum Gasteiger partial charge on any atom is 0.0714 e. The van der Waals surface area contributed by atoms with Crippen LogP contribution in [-0.2, 0) is 27.1 Å². The lowest BCUT2D eigenvalue weighted by molar-refractivity contribution is 0.590. The van der Waals surface area contributed by atoms with Gasteiger partial charge in [-0.3, -0.25) is 0 Å². The molecule has 0 N–H and O–H groups in total. The third-order valence-electron chi connectivity index (χ3n) is 14.0. The van der Waals surface area contributed by atoms with Crippen LogP contribution in [0.5, 0.6) is 0 Å². The molecule has 0 nitrogen and oxygen atoms in total. The maximum atomic E-state index is 2.50. The lowest BCUT2D eigenvalue weighted by Gasteiger charge is -2.35. The molecule has 0 spiro atoms. The van der Waals surface area contributed by atoms with Crippen LogP contribution >= 0.6 is 0 Å². The molecule has 0 bridgehead atoms. The van der Waals surface area contributed by atoms with Crippen molar-refractivity contribution >= 4 is 0 Å². The maximum absolute atomic E-state index is 2.50. The Morgan fingerprint density at radius 3 is 0.708 bits per heavy atom. The van der Waals surface area contributed by atoms with Gasteiger partial charge >= 0.3 is 0 Å². The zero-order chi connectivity index (χ0) is 46.1. The van der Waals surface area contributed by atoms with Gasteiger partial charge in [0.2, 0.25) is 0 Å². The minimum absolute atomic E-state index is 0.0600. The first-order chi connectivity index (χ1) is 30.7. The van der Waals surface area contributed by atoms with Gasteiger partial charge in [0, 0.05) is 0 Å². The molecule has 0 unspecified atom stereocenters. The Kier molecular flexibility index (Phi) is 10.8. The topological polar surface area (TPSA) is 0 Å². The summed E-state index contributed by atoms with van der Waals surface area (Å²) in [6.45, 7) is 27.5. The predicted molar refractivity (Wildman–Crippen MR) is 280 cm³/mol. The van der Waals surface area contributed by atoms with Crippen molar-refractivity contribution in [2.45, 2.75) is 110 Å². The molecule has 0 aromatic heterocycles. The summed E-state index contributed by atoms with van der Waals surface area (Å²) in [5.74, 6) is 0. The lowest BCUT2D eigenvalue weighted by atomic mass is 9.66. The highest BCUT2D eigenvalue weighted by atomic mass is 14.5. The summed E-state index contributed by atoms with van der Waals surface area (Å²) in [5, 5.41) is 0. The quantitative estimate of drug-likeness (QED) is 0.156. The number of rotatable bonds is 6. The zero-order valence-corrected chi connectivity index (χ0v) is 40.8. The molecule has 9 rings (SSSR count). The molecule has 0 fully saturated rings. The van der Waals surface area contributed by atoms with Gasteiger partial charge in [-0.15, -0.1) is 0 Å². The lowest BCUT2D eigenvalue weighted by Crippen LogP contribution is -2.29. The number of benzene rings is 8. The molecule has 0 amide bonds. The van der Waals surface area contributed by atoms with Gasteiger partial charge in [-0.05, 0) is 158 Å². The first-order valence-electron chi connectivity index (χ1n) is 23.7. The highest BCUT2D eigenvalue weighted by Crippen LogP contribution is 2.58. The molecule has 8 aromatic carbocycles. The van der Waals surface area contributed by atoms with E-state index in [9.17, 15) is 0 Å². The summed E-state index contributed by atoms with van der Waals surface area (Å²) < 4.78 is 0. The first kappa shape index (κ1) is 44.0. The molecule has 326 valence electrons. The van der Waals surface area contributed by atoms with Gasteiger partial charge in [-0.25, -0.2) is 0 Å². The molecule has 1 aliphatic carbocycles. The molecule has 0 heterocycles. The molecule has 0 saturated heterocycles. The first-order valence-corrected chi connectivity index (χ1v) is 23.7. The van der Waals surface area contributed by atoms with Crippen molar-refractivity contribution in [3.05, 3.63) is 226 Å². The minimum atomic E-state index is -0.643. The van der Waals surface area contributed by atoms with Crippen LogP contribution in [0.3, 0.4) is 0 Å². The molecule has 0 saturated carbocycles. The predicted octanol–water partition coefficient (Wildman–Crippen LogP) is 17.9. The van der Waals surface area contributed by atoms with E-state index in [4.69, 9.17) is 0 Å². The Balaban J connectivity index is 1.38. The minimum Gasteiger partial charge on any atom is -0.0619 e. The molecule has 0 aliphatic heterocycles. The van der Waals surface area contributed by atoms with E-state index in [0.29, 0.717) is 0 Å². The third kappa shape index (κ3) is 8.23. The molecule has 0 heteroatoms. The van der Waals surface area contributed by atoms with Crippen molar-refractivity contribution < 1.29 is 0 Å². The van der Waals surface area contributed by atoms with E-state index in [1.807, 2.05) is 0 Å². The number of hydrogen-bond donors (Lipinski definition) is 0. The summed E-state index contributed by atoms with van der Waals surface area (Å²) in [7, 11) is 0. The fourth-order valence-electron chi connectivity index (χ4n) is 10.0. The highest BCUT2D eigenvalue weighted by Gasteiger charge is 2.46. The van der Waals surface area contributed by atoms with Crippen molar-refractivity contribution in [1.29, 1.82) is 0 Å². The second kappa shape index (κ2) is 16.0. The largest absolute Gasteiger partial charge is 0.0714 e. The van der Waals surface area contributed by atoms with E-state index in [1.54, 1.807) is 0 Å². The van der Waals surface area contributed by atoms with E-state index < -0.39 is 5.41 Å². The highest BCUT2D eigenvalue weighted by molar-refractivity contribution is 5.89. The Morgan fingerprint density at radius 1 is 0.246 bits per heavy atom. The monoisotopic (exact) mass is 847 g/mol. The summed E-state index contributed by atoms with van der Waals surface area (Å²) in [5.41, 5.74) is 22.4. The SMILES string of the molecule is CC(C)(C)c1ccc(-c2cc(-c3ccc(C(C)(C)C)cc3)cc(C3(c4cc(-c5ccc(C(C)(C)C)cc5)cc(-c5ccc(C(C)(C)C)cc5)c4)c4ccccc4-c4ccccc43)c2)cc1. The Hall–Kier alpha value is -6.24. The summed E-state index contributed by atoms with van der Waals surface area (Å²) in [6, 6.07) is 70.4. The molecular weight excluding hydrogens is 781 g/mol. The average Bonchev–Trinajstić information content (AvgIpc) is 3.59. The average molecular weight is 847 g/mol. The van der Waals surface area contributed by atoms with Gasteiger partial charge in [0.1, 0.15) is 0 Å². The van der Waals surface area contributed by atoms with E-state index >= 15 is 0 Å². The third-order valence-corrected chi connectivity index (χ3v) is 14.0. The van der Waals surface area contributed by atoms with Gasteiger partial charge in [0.05, 0.1) is 5.41 Å². The second-order valence-corrected chi connectivity index (χ2v) is 22.7. The van der Waals surface area contributed by atoms with E-state index in [2.05, 4.69) is 265 Å². The van der Waals surface area contributed by atoms with Crippen molar-refractivity contribution in [1.82, 2.24) is 0 Å². The van der Waals surface area contributed by atoms with E-state index in [0.717, 1.165) is 0 Å². The van der Waals surface area contributed by atoms with Crippen LogP contribution in [0.4, 0.5) is 0 Å². The van der Waals surface area contributed by atoms with Crippen LogP contribution in [-0.4, -0.2) is 0 Å². The van der Waals surface area contributed by atoms with Crippen LogP contribution in [0.15, 0.2) is 182 Å². The Morgan fingerprint density at radius 2 is 0.477 bits per heavy atom. The van der Waals surface area contributed by atoms with Crippen molar-refractivity contribution in [3.63, 3.8) is 0 Å². The van der Waals surface area contributed by atoms with Crippen LogP contribution in [0.2, 0.25) is 0 Å². The molecule has 0 atom stereocenters. The standard InChI is InChI=1S/C65H66/c1-61(2,3)51-29-21-43(22-30-51)47-37-48(44-23-31-52(32-24-44)62(4,5)6)40-55(39-47)65(59-19-15-13-17-57(59)58-18-14-16-20-60(58)65)56-41-49(45-25-33-53(34-26-45)63(7,8)9)38-50(42-56)46-27-35-54(36-28-46)64(10,11)12/h13-42H,1-12H3. The van der Waals surface area contributed by atoms with Crippen molar-refractivity contribution in [2.24, 2.45) is 0 Å². The second-order valence-electron chi connectivity index (χ2n) is 22.7. The van der Waals surface area contributed by atoms with Crippen LogP contribution in [0.25, 0.3) is 55.6 Å². The Labute approximate surface area is 390 Å². The van der Waals surface area contributed by atoms with Gasteiger partial charge < -0.3 is 0 Å². The van der Waals surface area contributed by atoms with Crippen LogP contribution in [0.1, 0.15) is 128 Å².